The number of carbonyl (C=O) groups excluding carboxylic acids is 3. The van der Waals surface area contributed by atoms with Crippen LogP contribution in [-0.2, 0) is 33.3 Å². The Hall–Kier alpha value is -4.83. The second kappa shape index (κ2) is 76.9. The highest BCUT2D eigenvalue weighted by Crippen LogP contribution is 2.18. The minimum absolute atomic E-state index is 0.144. The molecule has 2 atom stereocenters. The van der Waals surface area contributed by atoms with E-state index in [0.717, 1.165) is 109 Å². The molecule has 0 aliphatic carbocycles. The number of hydrogen-bond acceptors (Lipinski definition) is 8. The molecule has 9 heteroatoms. The van der Waals surface area contributed by atoms with Gasteiger partial charge in [-0.3, -0.25) is 9.59 Å². The summed E-state index contributed by atoms with van der Waals surface area (Å²) in [7, 11) is 5.94. The first-order chi connectivity index (χ1) is 47.6. The van der Waals surface area contributed by atoms with Gasteiger partial charge in [0.15, 0.2) is 12.4 Å². The van der Waals surface area contributed by atoms with E-state index in [1.807, 2.05) is 21.1 Å². The van der Waals surface area contributed by atoms with Gasteiger partial charge in [-0.2, -0.15) is 0 Å². The van der Waals surface area contributed by atoms with E-state index in [-0.39, 0.29) is 38.6 Å². The smallest absolute Gasteiger partial charge is 0.306 e. The standard InChI is InChI=1S/C88H149NO8/c1-6-8-10-12-14-16-18-20-22-24-26-28-30-32-34-36-38-39-40-41-42-43-44-45-46-47-49-51-53-55-57-59-61-63-65-67-69-71-73-75-77-79-86(91)97-84(83-96-88(87(92)93)94-81-80-89(3,4)5)82-95-85(90)78-76-74-72-70-68-66-64-62-60-58-56-54-52-50-48-37-35-33-31-29-27-25-23-21-19-17-15-13-11-9-7-2/h8-11,14-17,20-23,26-29,32-35,38-39,48,50,84,88H,6-7,12-13,18-19,24-25,30-31,36-37,40-47,49,51-83H2,1-5H3/b10-8-,11-9-,16-14-,17-15-,22-20-,23-21-,28-26-,29-27-,34-32-,35-33-,39-38-,50-48-. The monoisotopic (exact) mass is 1350 g/mol. The lowest BCUT2D eigenvalue weighted by Gasteiger charge is -2.26. The van der Waals surface area contributed by atoms with Gasteiger partial charge in [0.1, 0.15) is 13.2 Å². The van der Waals surface area contributed by atoms with E-state index in [1.165, 1.54) is 193 Å². The van der Waals surface area contributed by atoms with Gasteiger partial charge in [-0.25, -0.2) is 0 Å². The number of unbranched alkanes of at least 4 members (excludes halogenated alkanes) is 34. The molecule has 0 saturated carbocycles. The summed E-state index contributed by atoms with van der Waals surface area (Å²) in [6.45, 7) is 4.54. The molecule has 0 bridgehead atoms. The summed E-state index contributed by atoms with van der Waals surface area (Å²) >= 11 is 0. The van der Waals surface area contributed by atoms with E-state index in [4.69, 9.17) is 18.9 Å². The Morgan fingerprint density at radius 1 is 0.309 bits per heavy atom. The fourth-order valence-corrected chi connectivity index (χ4v) is 11.1. The molecule has 0 aromatic heterocycles. The number of carboxylic acids is 1. The number of carboxylic acid groups (broad SMARTS) is 1. The van der Waals surface area contributed by atoms with Crippen molar-refractivity contribution in [3.8, 4) is 0 Å². The third-order valence-corrected chi connectivity index (χ3v) is 17.1. The van der Waals surface area contributed by atoms with E-state index in [1.54, 1.807) is 0 Å². The SMILES string of the molecule is CC/C=C\C/C=C\C/C=C\C/C=C\C/C=C\C/C=C\CCCCCCCCCCCCCCCCCCCCCCCCC(=O)OC(COC(=O)CCCCCCCCCCCCCC/C=C\C/C=C\C/C=C\C/C=C\C/C=C\C/C=C\CC)COC(OCC[N+](C)(C)C)C(=O)[O-]. The Morgan fingerprint density at radius 2 is 0.557 bits per heavy atom. The summed E-state index contributed by atoms with van der Waals surface area (Å²) in [6, 6.07) is 0. The number of quaternary nitrogens is 1. The summed E-state index contributed by atoms with van der Waals surface area (Å²) in [6.07, 6.45) is 110. The van der Waals surface area contributed by atoms with Crippen molar-refractivity contribution in [1.82, 2.24) is 0 Å². The van der Waals surface area contributed by atoms with Crippen LogP contribution in [0.25, 0.3) is 0 Å². The van der Waals surface area contributed by atoms with Crippen molar-refractivity contribution in [1.29, 1.82) is 0 Å². The molecule has 0 aliphatic heterocycles. The Kier molecular flexibility index (Phi) is 73.1. The first-order valence-corrected chi connectivity index (χ1v) is 40.0. The normalized spacial score (nSPS) is 13.5. The number of carbonyl (C=O) groups is 3. The summed E-state index contributed by atoms with van der Waals surface area (Å²) in [5.74, 6) is -2.28. The van der Waals surface area contributed by atoms with Crippen molar-refractivity contribution in [3.63, 3.8) is 0 Å². The Morgan fingerprint density at radius 3 is 0.825 bits per heavy atom. The van der Waals surface area contributed by atoms with Crippen LogP contribution in [0.3, 0.4) is 0 Å². The quantitative estimate of drug-likeness (QED) is 0.0195. The van der Waals surface area contributed by atoms with Gasteiger partial charge in [0.2, 0.25) is 0 Å². The van der Waals surface area contributed by atoms with Crippen molar-refractivity contribution in [2.24, 2.45) is 0 Å². The topological polar surface area (TPSA) is 111 Å². The lowest BCUT2D eigenvalue weighted by molar-refractivity contribution is -0.870. The molecule has 0 radical (unpaired) electrons. The Labute approximate surface area is 598 Å². The van der Waals surface area contributed by atoms with Gasteiger partial charge in [0, 0.05) is 12.8 Å². The van der Waals surface area contributed by atoms with Crippen LogP contribution in [0.4, 0.5) is 0 Å². The average Bonchev–Trinajstić information content (AvgIpc) is 3.27. The van der Waals surface area contributed by atoms with Gasteiger partial charge < -0.3 is 33.3 Å². The molecule has 0 N–H and O–H groups in total. The summed E-state index contributed by atoms with van der Waals surface area (Å²) in [4.78, 5) is 37.6. The molecule has 0 saturated heterocycles. The minimum atomic E-state index is -1.63. The highest BCUT2D eigenvalue weighted by atomic mass is 16.7. The number of nitrogens with zero attached hydrogens (tertiary/aromatic N) is 1. The number of allylic oxidation sites excluding steroid dienone is 24. The molecule has 0 aliphatic rings. The molecule has 0 aromatic rings. The molecule has 0 heterocycles. The largest absolute Gasteiger partial charge is 0.545 e. The molecule has 97 heavy (non-hydrogen) atoms. The number of esters is 2. The highest BCUT2D eigenvalue weighted by molar-refractivity contribution is 5.70. The van der Waals surface area contributed by atoms with E-state index < -0.39 is 24.3 Å². The molecular weight excluding hydrogens is 1200 g/mol. The molecule has 2 unspecified atom stereocenters. The van der Waals surface area contributed by atoms with Crippen LogP contribution < -0.4 is 5.11 Å². The fraction of sp³-hybridized carbons (Fsp3) is 0.693. The third-order valence-electron chi connectivity index (χ3n) is 17.1. The lowest BCUT2D eigenvalue weighted by Crippen LogP contribution is -2.44. The lowest BCUT2D eigenvalue weighted by atomic mass is 10.0. The molecule has 0 aromatic carbocycles. The second-order valence-electron chi connectivity index (χ2n) is 27.6. The van der Waals surface area contributed by atoms with Crippen molar-refractivity contribution >= 4 is 17.9 Å². The molecule has 0 rings (SSSR count). The number of likely N-dealkylation sites (N-methyl/N-ethyl adjacent to an activating group) is 1. The summed E-state index contributed by atoms with van der Waals surface area (Å²) in [5, 5.41) is 11.9. The molecule has 0 spiro atoms. The van der Waals surface area contributed by atoms with Gasteiger partial charge in [0.05, 0.1) is 40.3 Å². The highest BCUT2D eigenvalue weighted by Gasteiger charge is 2.22. The maximum atomic E-state index is 13.0. The number of hydrogen-bond donors (Lipinski definition) is 0. The van der Waals surface area contributed by atoms with E-state index in [9.17, 15) is 19.5 Å². The maximum absolute atomic E-state index is 13.0. The third kappa shape index (κ3) is 78.4. The predicted molar refractivity (Wildman–Crippen MR) is 416 cm³/mol. The zero-order chi connectivity index (χ0) is 70.4. The zero-order valence-electron chi connectivity index (χ0n) is 63.4. The maximum Gasteiger partial charge on any atom is 0.306 e. The van der Waals surface area contributed by atoms with Crippen molar-refractivity contribution < 1.29 is 42.9 Å². The first-order valence-electron chi connectivity index (χ1n) is 40.0. The van der Waals surface area contributed by atoms with Crippen LogP contribution in [0.2, 0.25) is 0 Å². The van der Waals surface area contributed by atoms with Crippen LogP contribution in [-0.4, -0.2) is 82.3 Å². The van der Waals surface area contributed by atoms with Gasteiger partial charge in [-0.1, -0.05) is 352 Å². The molecule has 554 valence electrons. The zero-order valence-corrected chi connectivity index (χ0v) is 63.4. The average molecular weight is 1350 g/mol. The number of rotatable bonds is 73. The van der Waals surface area contributed by atoms with Crippen LogP contribution in [0.5, 0.6) is 0 Å². The molecular formula is C88H149NO8. The number of ether oxygens (including phenoxy) is 4. The Bertz CT molecular complexity index is 2110. The van der Waals surface area contributed by atoms with Gasteiger partial charge in [-0.15, -0.1) is 0 Å². The molecule has 0 amide bonds. The second-order valence-corrected chi connectivity index (χ2v) is 27.6. The van der Waals surface area contributed by atoms with Crippen LogP contribution in [0.15, 0.2) is 146 Å². The van der Waals surface area contributed by atoms with Crippen molar-refractivity contribution in [3.05, 3.63) is 146 Å². The molecule has 0 fully saturated rings. The fourth-order valence-electron chi connectivity index (χ4n) is 11.1. The summed E-state index contributed by atoms with van der Waals surface area (Å²) < 4.78 is 22.9. The van der Waals surface area contributed by atoms with Crippen LogP contribution >= 0.6 is 0 Å². The number of aliphatic carboxylic acids is 1. The van der Waals surface area contributed by atoms with Crippen molar-refractivity contribution in [2.75, 3.05) is 47.5 Å². The summed E-state index contributed by atoms with van der Waals surface area (Å²) in [5.41, 5.74) is 0. The van der Waals surface area contributed by atoms with E-state index >= 15 is 0 Å². The predicted octanol–water partition coefficient (Wildman–Crippen LogP) is 24.5. The minimum Gasteiger partial charge on any atom is -0.545 e. The first kappa shape index (κ1) is 92.2. The van der Waals surface area contributed by atoms with Gasteiger partial charge in [-0.05, 0) is 116 Å². The van der Waals surface area contributed by atoms with Gasteiger partial charge >= 0.3 is 11.9 Å². The van der Waals surface area contributed by atoms with Gasteiger partial charge in [0.25, 0.3) is 0 Å². The molecule has 9 nitrogen and oxygen atoms in total. The van der Waals surface area contributed by atoms with Crippen molar-refractivity contribution in [2.45, 2.75) is 347 Å². The Balaban J connectivity index is 4.02. The van der Waals surface area contributed by atoms with E-state index in [2.05, 4.69) is 160 Å². The van der Waals surface area contributed by atoms with Crippen LogP contribution in [0, 0.1) is 0 Å². The van der Waals surface area contributed by atoms with E-state index in [0.29, 0.717) is 17.4 Å². The van der Waals surface area contributed by atoms with Crippen LogP contribution in [0.1, 0.15) is 335 Å².